The molecule has 0 unspecified atom stereocenters. The lowest BCUT2D eigenvalue weighted by atomic mass is 10.1. The molecule has 1 amide bonds. The fourth-order valence-corrected chi connectivity index (χ4v) is 4.10. The van der Waals surface area contributed by atoms with Crippen LogP contribution in [-0.2, 0) is 0 Å². The van der Waals surface area contributed by atoms with E-state index in [0.29, 0.717) is 18.1 Å². The van der Waals surface area contributed by atoms with Crippen LogP contribution in [0.5, 0.6) is 11.5 Å². The summed E-state index contributed by atoms with van der Waals surface area (Å²) in [6, 6.07) is 11.6. The molecule has 27 heavy (non-hydrogen) atoms. The Bertz CT molecular complexity index is 1000. The molecule has 1 aliphatic rings. The highest BCUT2D eigenvalue weighted by atomic mass is 32.1. The fraction of sp³-hybridized carbons (Fsp3) is 0.238. The third-order valence-corrected chi connectivity index (χ3v) is 5.55. The largest absolute Gasteiger partial charge is 0.486 e. The molecule has 0 fully saturated rings. The standard InChI is InChI=1S/C21H20N2O3S/c1-12-10-13(2)22-14(3)20(12)23-21(24)19-7-6-18(27-19)15-4-5-16-17(11-15)26-9-8-25-16/h4-7,10-11H,8-9H2,1-3H3,(H,23,24). The van der Waals surface area contributed by atoms with Crippen LogP contribution in [0.3, 0.4) is 0 Å². The van der Waals surface area contributed by atoms with Gasteiger partial charge in [-0.15, -0.1) is 11.3 Å². The molecule has 1 aromatic carbocycles. The highest BCUT2D eigenvalue weighted by molar-refractivity contribution is 7.17. The Morgan fingerprint density at radius 1 is 1.04 bits per heavy atom. The number of ether oxygens (including phenoxy) is 2. The molecule has 0 bridgehead atoms. The lowest BCUT2D eigenvalue weighted by molar-refractivity contribution is 0.103. The summed E-state index contributed by atoms with van der Waals surface area (Å²) in [7, 11) is 0. The molecule has 1 N–H and O–H groups in total. The zero-order valence-corrected chi connectivity index (χ0v) is 16.3. The maximum atomic E-state index is 12.7. The van der Waals surface area contributed by atoms with Crippen LogP contribution < -0.4 is 14.8 Å². The van der Waals surface area contributed by atoms with Gasteiger partial charge in [-0.3, -0.25) is 9.78 Å². The van der Waals surface area contributed by atoms with Gasteiger partial charge in [0.15, 0.2) is 11.5 Å². The van der Waals surface area contributed by atoms with E-state index in [0.717, 1.165) is 44.6 Å². The van der Waals surface area contributed by atoms with Gasteiger partial charge < -0.3 is 14.8 Å². The molecule has 3 aromatic rings. The number of benzene rings is 1. The number of aryl methyl sites for hydroxylation is 3. The molecule has 5 nitrogen and oxygen atoms in total. The zero-order chi connectivity index (χ0) is 19.0. The first-order chi connectivity index (χ1) is 13.0. The third-order valence-electron chi connectivity index (χ3n) is 4.42. The summed E-state index contributed by atoms with van der Waals surface area (Å²) in [6.07, 6.45) is 0. The molecule has 0 saturated carbocycles. The van der Waals surface area contributed by atoms with Gasteiger partial charge in [-0.1, -0.05) is 0 Å². The number of nitrogens with one attached hydrogen (secondary N) is 1. The monoisotopic (exact) mass is 380 g/mol. The van der Waals surface area contributed by atoms with Crippen LogP contribution >= 0.6 is 11.3 Å². The zero-order valence-electron chi connectivity index (χ0n) is 15.5. The Morgan fingerprint density at radius 2 is 1.81 bits per heavy atom. The average Bonchev–Trinajstić information content (AvgIpc) is 3.14. The SMILES string of the molecule is Cc1cc(C)c(NC(=O)c2ccc(-c3ccc4c(c3)OCCO4)s2)c(C)n1. The summed E-state index contributed by atoms with van der Waals surface area (Å²) in [4.78, 5) is 18.8. The molecule has 0 spiro atoms. The Hall–Kier alpha value is -2.86. The fourth-order valence-electron chi connectivity index (χ4n) is 3.20. The lowest BCUT2D eigenvalue weighted by Crippen LogP contribution is -2.15. The van der Waals surface area contributed by atoms with E-state index in [-0.39, 0.29) is 5.91 Å². The number of fused-ring (bicyclic) bond motifs is 1. The third kappa shape index (κ3) is 3.53. The maximum absolute atomic E-state index is 12.7. The number of amides is 1. The smallest absolute Gasteiger partial charge is 0.265 e. The van der Waals surface area contributed by atoms with Crippen molar-refractivity contribution < 1.29 is 14.3 Å². The molecule has 4 rings (SSSR count). The minimum atomic E-state index is -0.124. The Morgan fingerprint density at radius 3 is 2.59 bits per heavy atom. The van der Waals surface area contributed by atoms with Gasteiger partial charge in [-0.05, 0) is 68.3 Å². The van der Waals surface area contributed by atoms with Crippen LogP contribution in [0.4, 0.5) is 5.69 Å². The number of pyridine rings is 1. The van der Waals surface area contributed by atoms with E-state index >= 15 is 0 Å². The summed E-state index contributed by atoms with van der Waals surface area (Å²) in [5.74, 6) is 1.38. The topological polar surface area (TPSA) is 60.5 Å². The molecule has 0 radical (unpaired) electrons. The van der Waals surface area contributed by atoms with Gasteiger partial charge in [0, 0.05) is 10.6 Å². The molecule has 6 heteroatoms. The molecular weight excluding hydrogens is 360 g/mol. The van der Waals surface area contributed by atoms with Crippen LogP contribution in [0.25, 0.3) is 10.4 Å². The predicted octanol–water partition coefficient (Wildman–Crippen LogP) is 4.76. The van der Waals surface area contributed by atoms with E-state index in [2.05, 4.69) is 10.3 Å². The van der Waals surface area contributed by atoms with E-state index in [9.17, 15) is 4.79 Å². The van der Waals surface area contributed by atoms with E-state index < -0.39 is 0 Å². The van der Waals surface area contributed by atoms with Crippen LogP contribution in [-0.4, -0.2) is 24.1 Å². The van der Waals surface area contributed by atoms with Crippen LogP contribution in [0.2, 0.25) is 0 Å². The van der Waals surface area contributed by atoms with Gasteiger partial charge in [0.2, 0.25) is 0 Å². The first-order valence-electron chi connectivity index (χ1n) is 8.77. The number of aromatic nitrogens is 1. The number of rotatable bonds is 3. The van der Waals surface area contributed by atoms with E-state index in [4.69, 9.17) is 9.47 Å². The first-order valence-corrected chi connectivity index (χ1v) is 9.59. The van der Waals surface area contributed by atoms with E-state index in [1.807, 2.05) is 57.2 Å². The molecule has 2 aromatic heterocycles. The highest BCUT2D eigenvalue weighted by Crippen LogP contribution is 2.37. The molecule has 0 aliphatic carbocycles. The lowest BCUT2D eigenvalue weighted by Gasteiger charge is -2.18. The Labute approximate surface area is 162 Å². The van der Waals surface area contributed by atoms with Crippen molar-refractivity contribution >= 4 is 22.9 Å². The number of hydrogen-bond donors (Lipinski definition) is 1. The maximum Gasteiger partial charge on any atom is 0.265 e. The van der Waals surface area contributed by atoms with Crippen molar-refractivity contribution in [3.63, 3.8) is 0 Å². The molecule has 138 valence electrons. The van der Waals surface area contributed by atoms with Crippen molar-refractivity contribution in [2.45, 2.75) is 20.8 Å². The van der Waals surface area contributed by atoms with Crippen molar-refractivity contribution in [3.05, 3.63) is 58.2 Å². The second-order valence-electron chi connectivity index (χ2n) is 6.52. The average molecular weight is 380 g/mol. The number of anilines is 1. The van der Waals surface area contributed by atoms with Crippen molar-refractivity contribution in [2.75, 3.05) is 18.5 Å². The second kappa shape index (κ2) is 7.04. The van der Waals surface area contributed by atoms with Crippen LogP contribution in [0, 0.1) is 20.8 Å². The number of carbonyl (C=O) groups is 1. The highest BCUT2D eigenvalue weighted by Gasteiger charge is 2.16. The second-order valence-corrected chi connectivity index (χ2v) is 7.60. The van der Waals surface area contributed by atoms with Crippen molar-refractivity contribution in [1.82, 2.24) is 4.98 Å². The predicted molar refractivity (Wildman–Crippen MR) is 107 cm³/mol. The molecule has 0 saturated heterocycles. The van der Waals surface area contributed by atoms with Crippen LogP contribution in [0.15, 0.2) is 36.4 Å². The van der Waals surface area contributed by atoms with Crippen LogP contribution in [0.1, 0.15) is 26.6 Å². The summed E-state index contributed by atoms with van der Waals surface area (Å²) in [5, 5.41) is 3.00. The number of hydrogen-bond acceptors (Lipinski definition) is 5. The van der Waals surface area contributed by atoms with Gasteiger partial charge in [-0.2, -0.15) is 0 Å². The molecule has 1 aliphatic heterocycles. The quantitative estimate of drug-likeness (QED) is 0.712. The number of thiophene rings is 1. The van der Waals surface area contributed by atoms with Gasteiger partial charge >= 0.3 is 0 Å². The summed E-state index contributed by atoms with van der Waals surface area (Å²) in [6.45, 7) is 6.96. The first kappa shape index (κ1) is 17.5. The Kier molecular flexibility index (Phi) is 4.58. The molecular formula is C21H20N2O3S. The molecule has 3 heterocycles. The summed E-state index contributed by atoms with van der Waals surface area (Å²) >= 11 is 1.45. The summed E-state index contributed by atoms with van der Waals surface area (Å²) < 4.78 is 11.2. The summed E-state index contributed by atoms with van der Waals surface area (Å²) in [5.41, 5.74) is 4.56. The minimum absolute atomic E-state index is 0.124. The number of nitrogens with zero attached hydrogens (tertiary/aromatic N) is 1. The van der Waals surface area contributed by atoms with E-state index in [1.54, 1.807) is 0 Å². The minimum Gasteiger partial charge on any atom is -0.486 e. The van der Waals surface area contributed by atoms with Gasteiger partial charge in [0.05, 0.1) is 16.3 Å². The van der Waals surface area contributed by atoms with Crippen molar-refractivity contribution in [2.24, 2.45) is 0 Å². The van der Waals surface area contributed by atoms with E-state index in [1.165, 1.54) is 11.3 Å². The Balaban J connectivity index is 1.57. The van der Waals surface area contributed by atoms with Crippen molar-refractivity contribution in [1.29, 1.82) is 0 Å². The van der Waals surface area contributed by atoms with Gasteiger partial charge in [0.1, 0.15) is 13.2 Å². The molecule has 0 atom stereocenters. The number of carbonyl (C=O) groups excluding carboxylic acids is 1. The van der Waals surface area contributed by atoms with Gasteiger partial charge in [-0.25, -0.2) is 0 Å². The van der Waals surface area contributed by atoms with Gasteiger partial charge in [0.25, 0.3) is 5.91 Å². The normalized spacial score (nSPS) is 12.7. The van der Waals surface area contributed by atoms with Crippen molar-refractivity contribution in [3.8, 4) is 21.9 Å².